The smallest absolute Gasteiger partial charge is 0.406 e. The average molecular weight is 542 g/mol. The SMILES string of the molecule is COc1cccc(C(=O)NCC#Cc2cc(C(=O)N[C@H]3CCN(C)C[C@@H]3C)c3ncn(CC(F)(F)F)c3c2)c1. The van der Waals surface area contributed by atoms with E-state index in [1.54, 1.807) is 24.3 Å². The molecule has 8 nitrogen and oxygen atoms in total. The minimum atomic E-state index is -4.47. The van der Waals surface area contributed by atoms with E-state index in [1.165, 1.54) is 19.2 Å². The Hall–Kier alpha value is -4.04. The van der Waals surface area contributed by atoms with Crippen LogP contribution in [0.15, 0.2) is 42.7 Å². The molecule has 1 aromatic heterocycles. The third-order valence-electron chi connectivity index (χ3n) is 6.65. The number of amides is 2. The van der Waals surface area contributed by atoms with Crippen LogP contribution in [0.1, 0.15) is 39.6 Å². The third-order valence-corrected chi connectivity index (χ3v) is 6.65. The van der Waals surface area contributed by atoms with Crippen molar-refractivity contribution >= 4 is 22.8 Å². The van der Waals surface area contributed by atoms with Crippen molar-refractivity contribution in [2.24, 2.45) is 5.92 Å². The number of carbonyl (C=O) groups excluding carboxylic acids is 2. The molecule has 11 heteroatoms. The van der Waals surface area contributed by atoms with Crippen molar-refractivity contribution in [1.82, 2.24) is 25.1 Å². The molecule has 2 amide bonds. The van der Waals surface area contributed by atoms with Crippen LogP contribution in [0.5, 0.6) is 5.75 Å². The van der Waals surface area contributed by atoms with Crippen LogP contribution in [-0.2, 0) is 6.54 Å². The molecule has 2 aromatic carbocycles. The van der Waals surface area contributed by atoms with Crippen LogP contribution in [-0.4, -0.2) is 72.3 Å². The van der Waals surface area contributed by atoms with Gasteiger partial charge in [-0.2, -0.15) is 13.2 Å². The molecule has 2 atom stereocenters. The summed E-state index contributed by atoms with van der Waals surface area (Å²) in [6, 6.07) is 9.57. The highest BCUT2D eigenvalue weighted by Gasteiger charge is 2.30. The van der Waals surface area contributed by atoms with E-state index in [0.717, 1.165) is 30.4 Å². The maximum atomic E-state index is 13.3. The zero-order valence-electron chi connectivity index (χ0n) is 21.9. The molecule has 1 aliphatic rings. The maximum absolute atomic E-state index is 13.3. The summed E-state index contributed by atoms with van der Waals surface area (Å²) in [5.74, 6) is 5.66. The number of piperidine rings is 1. The second-order valence-corrected chi connectivity index (χ2v) is 9.70. The fraction of sp³-hybridized carbons (Fsp3) is 0.393. The van der Waals surface area contributed by atoms with Gasteiger partial charge in [-0.1, -0.05) is 24.8 Å². The Morgan fingerprint density at radius 3 is 2.72 bits per heavy atom. The summed E-state index contributed by atoms with van der Waals surface area (Å²) in [4.78, 5) is 32.1. The van der Waals surface area contributed by atoms with Crippen molar-refractivity contribution in [3.05, 3.63) is 59.4 Å². The first-order valence-corrected chi connectivity index (χ1v) is 12.5. The lowest BCUT2D eigenvalue weighted by molar-refractivity contribution is -0.139. The second-order valence-electron chi connectivity index (χ2n) is 9.70. The van der Waals surface area contributed by atoms with Gasteiger partial charge in [-0.3, -0.25) is 9.59 Å². The topological polar surface area (TPSA) is 88.5 Å². The monoisotopic (exact) mass is 541 g/mol. The molecule has 4 rings (SSSR count). The molecule has 206 valence electrons. The van der Waals surface area contributed by atoms with Gasteiger partial charge in [-0.15, -0.1) is 0 Å². The Bertz CT molecular complexity index is 1420. The molecule has 1 fully saturated rings. The number of nitrogens with one attached hydrogen (secondary N) is 2. The van der Waals surface area contributed by atoms with Gasteiger partial charge in [0.05, 0.1) is 31.1 Å². The summed E-state index contributed by atoms with van der Waals surface area (Å²) in [6.07, 6.45) is -2.62. The van der Waals surface area contributed by atoms with Gasteiger partial charge in [-0.25, -0.2) is 4.98 Å². The van der Waals surface area contributed by atoms with E-state index in [1.807, 2.05) is 7.05 Å². The number of imidazole rings is 1. The average Bonchev–Trinajstić information content (AvgIpc) is 3.28. The molecule has 0 spiro atoms. The van der Waals surface area contributed by atoms with E-state index in [-0.39, 0.29) is 41.0 Å². The first-order chi connectivity index (χ1) is 18.5. The fourth-order valence-electron chi connectivity index (χ4n) is 4.68. The van der Waals surface area contributed by atoms with Crippen molar-refractivity contribution in [1.29, 1.82) is 0 Å². The van der Waals surface area contributed by atoms with Crippen LogP contribution in [0.25, 0.3) is 11.0 Å². The number of methoxy groups -OCH3 is 1. The van der Waals surface area contributed by atoms with Gasteiger partial charge in [0.2, 0.25) is 0 Å². The highest BCUT2D eigenvalue weighted by atomic mass is 19.4. The largest absolute Gasteiger partial charge is 0.497 e. The summed E-state index contributed by atoms with van der Waals surface area (Å²) < 4.78 is 45.7. The minimum Gasteiger partial charge on any atom is -0.497 e. The number of carbonyl (C=O) groups is 2. The predicted octanol–water partition coefficient (Wildman–Crippen LogP) is 3.46. The summed E-state index contributed by atoms with van der Waals surface area (Å²) in [6.45, 7) is 2.45. The Labute approximate surface area is 224 Å². The Morgan fingerprint density at radius 1 is 1.21 bits per heavy atom. The number of nitrogens with zero attached hydrogens (tertiary/aromatic N) is 3. The lowest BCUT2D eigenvalue weighted by Crippen LogP contribution is -2.48. The molecule has 2 N–H and O–H groups in total. The Kier molecular flexibility index (Phi) is 8.45. The maximum Gasteiger partial charge on any atom is 0.406 e. The number of alkyl halides is 3. The van der Waals surface area contributed by atoms with Gasteiger partial charge in [0.25, 0.3) is 11.8 Å². The molecule has 0 saturated carbocycles. The molecule has 39 heavy (non-hydrogen) atoms. The second kappa shape index (κ2) is 11.8. The van der Waals surface area contributed by atoms with E-state index in [0.29, 0.717) is 16.9 Å². The van der Waals surface area contributed by atoms with Crippen LogP contribution in [0.3, 0.4) is 0 Å². The summed E-state index contributed by atoms with van der Waals surface area (Å²) >= 11 is 0. The standard InChI is InChI=1S/C28H30F3N5O3/c1-18-15-35(2)11-9-23(18)34-27(38)22-12-19(13-24-25(22)33-17-36(24)16-28(29,30)31)6-5-10-32-26(37)20-7-4-8-21(14-20)39-3/h4,7-8,12-14,17-18,23H,9-11,15-16H2,1-3H3,(H,32,37)(H,34,38)/t18-,23-/m0/s1. The molecular formula is C28H30F3N5O3. The van der Waals surface area contributed by atoms with Crippen LogP contribution in [0.4, 0.5) is 13.2 Å². The van der Waals surface area contributed by atoms with Gasteiger partial charge in [0.15, 0.2) is 0 Å². The van der Waals surface area contributed by atoms with Crippen LogP contribution >= 0.6 is 0 Å². The first kappa shape index (κ1) is 28.0. The van der Waals surface area contributed by atoms with E-state index < -0.39 is 18.6 Å². The van der Waals surface area contributed by atoms with Gasteiger partial charge >= 0.3 is 6.18 Å². The summed E-state index contributed by atoms with van der Waals surface area (Å²) in [5.41, 5.74) is 1.22. The number of benzene rings is 2. The van der Waals surface area contributed by atoms with Gasteiger partial charge < -0.3 is 24.8 Å². The number of halogens is 3. The third kappa shape index (κ3) is 7.09. The highest BCUT2D eigenvalue weighted by molar-refractivity contribution is 6.05. The molecule has 0 unspecified atom stereocenters. The normalized spacial score (nSPS) is 17.8. The molecular weight excluding hydrogens is 511 g/mol. The predicted molar refractivity (Wildman–Crippen MR) is 141 cm³/mol. The minimum absolute atomic E-state index is 0.00940. The van der Waals surface area contributed by atoms with E-state index in [4.69, 9.17) is 4.74 Å². The number of likely N-dealkylation sites (tertiary alicyclic amines) is 1. The summed E-state index contributed by atoms with van der Waals surface area (Å²) in [7, 11) is 3.52. The number of hydrogen-bond acceptors (Lipinski definition) is 5. The molecule has 3 aromatic rings. The molecule has 1 aliphatic heterocycles. The van der Waals surface area contributed by atoms with E-state index >= 15 is 0 Å². The first-order valence-electron chi connectivity index (χ1n) is 12.5. The van der Waals surface area contributed by atoms with Crippen molar-refractivity contribution in [2.75, 3.05) is 33.8 Å². The quantitative estimate of drug-likeness (QED) is 0.467. The number of hydrogen-bond donors (Lipinski definition) is 2. The van der Waals surface area contributed by atoms with Crippen molar-refractivity contribution in [2.45, 2.75) is 32.1 Å². The zero-order valence-corrected chi connectivity index (χ0v) is 21.9. The molecule has 1 saturated heterocycles. The van der Waals surface area contributed by atoms with Crippen LogP contribution in [0.2, 0.25) is 0 Å². The number of aromatic nitrogens is 2. The fourth-order valence-corrected chi connectivity index (χ4v) is 4.68. The Morgan fingerprint density at radius 2 is 2.00 bits per heavy atom. The van der Waals surface area contributed by atoms with Crippen molar-refractivity contribution < 1.29 is 27.5 Å². The lowest BCUT2D eigenvalue weighted by atomic mass is 9.93. The lowest BCUT2D eigenvalue weighted by Gasteiger charge is -2.35. The molecule has 2 heterocycles. The van der Waals surface area contributed by atoms with Gasteiger partial charge in [0.1, 0.15) is 17.8 Å². The van der Waals surface area contributed by atoms with Crippen LogP contribution in [0, 0.1) is 17.8 Å². The van der Waals surface area contributed by atoms with E-state index in [2.05, 4.69) is 39.3 Å². The van der Waals surface area contributed by atoms with Gasteiger partial charge in [-0.05, 0) is 56.3 Å². The molecule has 0 radical (unpaired) electrons. The summed E-state index contributed by atoms with van der Waals surface area (Å²) in [5, 5.41) is 5.72. The Balaban J connectivity index is 1.58. The number of ether oxygens (including phenoxy) is 1. The molecule has 0 bridgehead atoms. The van der Waals surface area contributed by atoms with Gasteiger partial charge in [0, 0.05) is 23.7 Å². The van der Waals surface area contributed by atoms with Crippen molar-refractivity contribution in [3.8, 4) is 17.6 Å². The molecule has 0 aliphatic carbocycles. The highest BCUT2D eigenvalue weighted by Crippen LogP contribution is 2.25. The van der Waals surface area contributed by atoms with E-state index in [9.17, 15) is 22.8 Å². The van der Waals surface area contributed by atoms with Crippen LogP contribution < -0.4 is 15.4 Å². The number of rotatable bonds is 6. The zero-order chi connectivity index (χ0) is 28.2. The van der Waals surface area contributed by atoms with Crippen molar-refractivity contribution in [3.63, 3.8) is 0 Å². The number of fused-ring (bicyclic) bond motifs is 1.